The van der Waals surface area contributed by atoms with Crippen molar-refractivity contribution in [1.29, 1.82) is 0 Å². The van der Waals surface area contributed by atoms with Crippen molar-refractivity contribution in [2.45, 2.75) is 0 Å². The molecule has 0 heterocycles. The number of hydrazone groups is 1. The predicted octanol–water partition coefficient (Wildman–Crippen LogP) is 1.34. The molecule has 0 spiro atoms. The number of ether oxygens (including phenoxy) is 1. The second-order valence-electron chi connectivity index (χ2n) is 4.45. The predicted molar refractivity (Wildman–Crippen MR) is 86.1 cm³/mol. The smallest absolute Gasteiger partial charge is 0.277 e. The number of aromatic carboxylic acids is 1. The average molecular weight is 376 g/mol. The summed E-state index contributed by atoms with van der Waals surface area (Å²) in [5.41, 5.74) is 3.04. The molecular formula is C16H12BrN2O4-. The largest absolute Gasteiger partial charge is 0.545 e. The van der Waals surface area contributed by atoms with Gasteiger partial charge in [0.25, 0.3) is 5.91 Å². The van der Waals surface area contributed by atoms with Crippen molar-refractivity contribution in [2.75, 3.05) is 6.61 Å². The summed E-state index contributed by atoms with van der Waals surface area (Å²) in [4.78, 5) is 22.2. The van der Waals surface area contributed by atoms with Gasteiger partial charge in [-0.25, -0.2) is 5.43 Å². The first kappa shape index (κ1) is 16.7. The molecule has 0 unspecified atom stereocenters. The van der Waals surface area contributed by atoms with E-state index in [4.69, 9.17) is 4.74 Å². The molecule has 0 aromatic heterocycles. The number of carboxylic acid groups (broad SMARTS) is 1. The molecule has 7 heteroatoms. The molecule has 0 bridgehead atoms. The zero-order chi connectivity index (χ0) is 16.7. The van der Waals surface area contributed by atoms with Crippen LogP contribution in [0, 0.1) is 0 Å². The van der Waals surface area contributed by atoms with Crippen LogP contribution in [0.3, 0.4) is 0 Å². The van der Waals surface area contributed by atoms with E-state index in [-0.39, 0.29) is 12.2 Å². The maximum absolute atomic E-state index is 11.6. The molecule has 2 aromatic rings. The van der Waals surface area contributed by atoms with Crippen molar-refractivity contribution in [3.8, 4) is 5.75 Å². The van der Waals surface area contributed by atoms with Gasteiger partial charge < -0.3 is 14.6 Å². The summed E-state index contributed by atoms with van der Waals surface area (Å²) in [6, 6.07) is 13.0. The van der Waals surface area contributed by atoms with Crippen LogP contribution < -0.4 is 15.3 Å². The molecule has 0 saturated heterocycles. The van der Waals surface area contributed by atoms with Gasteiger partial charge in [-0.2, -0.15) is 5.10 Å². The van der Waals surface area contributed by atoms with E-state index in [2.05, 4.69) is 26.5 Å². The molecule has 2 rings (SSSR count). The first-order chi connectivity index (χ1) is 11.0. The Morgan fingerprint density at radius 2 is 1.96 bits per heavy atom. The Morgan fingerprint density at radius 1 is 1.22 bits per heavy atom. The molecular weight excluding hydrogens is 364 g/mol. The van der Waals surface area contributed by atoms with Crippen LogP contribution in [0.25, 0.3) is 0 Å². The lowest BCUT2D eigenvalue weighted by Crippen LogP contribution is -2.24. The molecule has 118 valence electrons. The van der Waals surface area contributed by atoms with E-state index in [0.717, 1.165) is 4.47 Å². The molecule has 0 aliphatic carbocycles. The third kappa shape index (κ3) is 5.55. The van der Waals surface area contributed by atoms with Gasteiger partial charge in [0.15, 0.2) is 6.61 Å². The van der Waals surface area contributed by atoms with Gasteiger partial charge in [-0.1, -0.05) is 46.3 Å². The molecule has 0 atom stereocenters. The zero-order valence-corrected chi connectivity index (χ0v) is 13.4. The van der Waals surface area contributed by atoms with Gasteiger partial charge in [0.2, 0.25) is 0 Å². The minimum Gasteiger partial charge on any atom is -0.545 e. The van der Waals surface area contributed by atoms with Gasteiger partial charge >= 0.3 is 0 Å². The Hall–Kier alpha value is -2.67. The number of hydrogen-bond donors (Lipinski definition) is 1. The number of nitrogens with one attached hydrogen (secondary N) is 1. The molecule has 0 radical (unpaired) electrons. The summed E-state index contributed by atoms with van der Waals surface area (Å²) in [6.07, 6.45) is 1.40. The van der Waals surface area contributed by atoms with E-state index >= 15 is 0 Å². The van der Waals surface area contributed by atoms with Crippen LogP contribution in [0.2, 0.25) is 0 Å². The number of halogens is 1. The molecule has 0 aliphatic rings. The minimum atomic E-state index is -1.24. The Kier molecular flexibility index (Phi) is 5.87. The van der Waals surface area contributed by atoms with Crippen LogP contribution >= 0.6 is 15.9 Å². The topological polar surface area (TPSA) is 90.8 Å². The van der Waals surface area contributed by atoms with Gasteiger partial charge in [-0.15, -0.1) is 0 Å². The second kappa shape index (κ2) is 8.09. The van der Waals surface area contributed by atoms with E-state index < -0.39 is 11.9 Å². The number of carbonyl (C=O) groups is 2. The molecule has 0 fully saturated rings. The summed E-state index contributed by atoms with van der Waals surface area (Å²) < 4.78 is 6.16. The van der Waals surface area contributed by atoms with Crippen LogP contribution in [-0.2, 0) is 4.79 Å². The minimum absolute atomic E-state index is 0.0774. The Bertz CT molecular complexity index is 729. The highest BCUT2D eigenvalue weighted by molar-refractivity contribution is 9.10. The van der Waals surface area contributed by atoms with E-state index in [1.54, 1.807) is 30.3 Å². The molecule has 2 aromatic carbocycles. The molecule has 1 N–H and O–H groups in total. The average Bonchev–Trinajstić information content (AvgIpc) is 2.53. The maximum Gasteiger partial charge on any atom is 0.277 e. The van der Waals surface area contributed by atoms with Gasteiger partial charge in [0.1, 0.15) is 5.75 Å². The lowest BCUT2D eigenvalue weighted by molar-refractivity contribution is -0.255. The van der Waals surface area contributed by atoms with E-state index in [0.29, 0.717) is 11.3 Å². The van der Waals surface area contributed by atoms with Gasteiger partial charge in [-0.05, 0) is 29.3 Å². The van der Waals surface area contributed by atoms with E-state index in [1.807, 2.05) is 6.07 Å². The zero-order valence-electron chi connectivity index (χ0n) is 11.9. The number of carboxylic acids is 1. The van der Waals surface area contributed by atoms with Crippen molar-refractivity contribution < 1.29 is 19.4 Å². The highest BCUT2D eigenvalue weighted by atomic mass is 79.9. The summed E-state index contributed by atoms with van der Waals surface area (Å²) in [5.74, 6) is -1.09. The van der Waals surface area contributed by atoms with Gasteiger partial charge in [0.05, 0.1) is 12.2 Å². The third-order valence-electron chi connectivity index (χ3n) is 2.72. The summed E-state index contributed by atoms with van der Waals surface area (Å²) in [6.45, 7) is -0.169. The Morgan fingerprint density at radius 3 is 2.61 bits per heavy atom. The number of benzene rings is 2. The number of amides is 1. The Balaban J connectivity index is 1.80. The Labute approximate surface area is 140 Å². The van der Waals surface area contributed by atoms with Crippen LogP contribution in [0.5, 0.6) is 5.75 Å². The first-order valence-corrected chi connectivity index (χ1v) is 7.35. The molecule has 0 aliphatic heterocycles. The number of carbonyl (C=O) groups excluding carboxylic acids is 2. The standard InChI is InChI=1S/C16H13BrN2O4/c17-13-2-1-3-14(8-13)23-10-15(20)19-18-9-11-4-6-12(7-5-11)16(21)22/h1-9H,10H2,(H,19,20)(H,21,22)/p-1/b18-9-. The van der Waals surface area contributed by atoms with Crippen molar-refractivity contribution in [1.82, 2.24) is 5.43 Å². The van der Waals surface area contributed by atoms with E-state index in [1.165, 1.54) is 18.3 Å². The van der Waals surface area contributed by atoms with Crippen LogP contribution in [0.1, 0.15) is 15.9 Å². The highest BCUT2D eigenvalue weighted by Crippen LogP contribution is 2.17. The van der Waals surface area contributed by atoms with Crippen molar-refractivity contribution in [3.63, 3.8) is 0 Å². The van der Waals surface area contributed by atoms with Crippen molar-refractivity contribution >= 4 is 34.0 Å². The quantitative estimate of drug-likeness (QED) is 0.609. The normalized spacial score (nSPS) is 10.5. The summed E-state index contributed by atoms with van der Waals surface area (Å²) in [7, 11) is 0. The van der Waals surface area contributed by atoms with Crippen molar-refractivity contribution in [2.24, 2.45) is 5.10 Å². The maximum atomic E-state index is 11.6. The van der Waals surface area contributed by atoms with Crippen LogP contribution in [-0.4, -0.2) is 24.7 Å². The molecule has 23 heavy (non-hydrogen) atoms. The monoisotopic (exact) mass is 375 g/mol. The SMILES string of the molecule is O=C(COc1cccc(Br)c1)N/N=C\c1ccc(C(=O)[O-])cc1. The number of rotatable bonds is 6. The lowest BCUT2D eigenvalue weighted by Gasteiger charge is -2.05. The number of hydrogen-bond acceptors (Lipinski definition) is 5. The molecule has 0 saturated carbocycles. The van der Waals surface area contributed by atoms with Crippen LogP contribution in [0.4, 0.5) is 0 Å². The fourth-order valence-corrected chi connectivity index (χ4v) is 2.00. The van der Waals surface area contributed by atoms with Crippen LogP contribution in [0.15, 0.2) is 58.1 Å². The third-order valence-corrected chi connectivity index (χ3v) is 3.21. The summed E-state index contributed by atoms with van der Waals surface area (Å²) >= 11 is 3.31. The molecule has 6 nitrogen and oxygen atoms in total. The fourth-order valence-electron chi connectivity index (χ4n) is 1.62. The summed E-state index contributed by atoms with van der Waals surface area (Å²) in [5, 5.41) is 14.4. The number of nitrogens with zero attached hydrogens (tertiary/aromatic N) is 1. The highest BCUT2D eigenvalue weighted by Gasteiger charge is 2.01. The van der Waals surface area contributed by atoms with E-state index in [9.17, 15) is 14.7 Å². The van der Waals surface area contributed by atoms with Gasteiger partial charge in [-0.3, -0.25) is 4.79 Å². The lowest BCUT2D eigenvalue weighted by atomic mass is 10.1. The molecule has 1 amide bonds. The first-order valence-electron chi connectivity index (χ1n) is 6.56. The fraction of sp³-hybridized carbons (Fsp3) is 0.0625. The second-order valence-corrected chi connectivity index (χ2v) is 5.36. The van der Waals surface area contributed by atoms with Crippen molar-refractivity contribution in [3.05, 3.63) is 64.1 Å². The van der Waals surface area contributed by atoms with Gasteiger partial charge in [0, 0.05) is 4.47 Å².